The molecule has 3 N–H and O–H groups in total. The molecule has 6 nitrogen and oxygen atoms in total. The van der Waals surface area contributed by atoms with Gasteiger partial charge in [0.05, 0.1) is 18.4 Å². The van der Waals surface area contributed by atoms with E-state index in [4.69, 9.17) is 14.9 Å². The molecule has 0 atom stereocenters. The van der Waals surface area contributed by atoms with Crippen LogP contribution in [0.5, 0.6) is 0 Å². The fourth-order valence-corrected chi connectivity index (χ4v) is 2.06. The lowest BCUT2D eigenvalue weighted by molar-refractivity contribution is -0.124. The van der Waals surface area contributed by atoms with Crippen LogP contribution >= 0.6 is 22.6 Å². The van der Waals surface area contributed by atoms with E-state index in [9.17, 15) is 9.59 Å². The van der Waals surface area contributed by atoms with E-state index in [-0.39, 0.29) is 18.7 Å². The van der Waals surface area contributed by atoms with E-state index < -0.39 is 11.9 Å². The van der Waals surface area contributed by atoms with Gasteiger partial charge >= 0.3 is 5.97 Å². The van der Waals surface area contributed by atoms with Crippen molar-refractivity contribution in [3.63, 3.8) is 0 Å². The smallest absolute Gasteiger partial charge is 0.340 e. The predicted molar refractivity (Wildman–Crippen MR) is 84.4 cm³/mol. The average molecular weight is 400 g/mol. The number of amides is 1. The maximum atomic E-state index is 11.9. The van der Waals surface area contributed by atoms with Crippen LogP contribution in [0.3, 0.4) is 0 Å². The second kappa shape index (κ2) is 7.11. The molecule has 0 aliphatic heterocycles. The molecule has 1 heterocycles. The van der Waals surface area contributed by atoms with Crippen LogP contribution in [0.2, 0.25) is 0 Å². The summed E-state index contributed by atoms with van der Waals surface area (Å²) in [7, 11) is 0. The number of nitrogens with two attached hydrogens (primary N) is 1. The lowest BCUT2D eigenvalue weighted by Gasteiger charge is -2.07. The number of ether oxygens (including phenoxy) is 1. The summed E-state index contributed by atoms with van der Waals surface area (Å²) in [6.45, 7) is -0.126. The van der Waals surface area contributed by atoms with Crippen LogP contribution < -0.4 is 11.1 Å². The number of hydrogen-bond donors (Lipinski definition) is 2. The van der Waals surface area contributed by atoms with Crippen LogP contribution in [0.15, 0.2) is 41.0 Å². The minimum Gasteiger partial charge on any atom is -0.467 e. The zero-order valence-electron chi connectivity index (χ0n) is 11.0. The molecule has 2 rings (SSSR count). The van der Waals surface area contributed by atoms with Gasteiger partial charge in [-0.1, -0.05) is 0 Å². The third-order valence-electron chi connectivity index (χ3n) is 2.61. The van der Waals surface area contributed by atoms with Crippen molar-refractivity contribution in [3.05, 3.63) is 51.5 Å². The number of anilines is 1. The largest absolute Gasteiger partial charge is 0.467 e. The Morgan fingerprint density at radius 2 is 2.14 bits per heavy atom. The number of esters is 1. The van der Waals surface area contributed by atoms with Gasteiger partial charge in [-0.2, -0.15) is 0 Å². The van der Waals surface area contributed by atoms with E-state index in [1.807, 2.05) is 0 Å². The molecule has 110 valence electrons. The molecule has 0 bridgehead atoms. The van der Waals surface area contributed by atoms with Gasteiger partial charge < -0.3 is 20.2 Å². The Kier molecular flexibility index (Phi) is 5.20. The normalized spacial score (nSPS) is 10.1. The first-order valence-corrected chi connectivity index (χ1v) is 7.15. The molecule has 0 spiro atoms. The van der Waals surface area contributed by atoms with E-state index in [0.717, 1.165) is 3.57 Å². The van der Waals surface area contributed by atoms with Gasteiger partial charge in [-0.15, -0.1) is 0 Å². The van der Waals surface area contributed by atoms with Crippen LogP contribution in [0, 0.1) is 3.57 Å². The molecule has 0 aliphatic rings. The monoisotopic (exact) mass is 400 g/mol. The van der Waals surface area contributed by atoms with Crippen LogP contribution in [0.25, 0.3) is 0 Å². The highest BCUT2D eigenvalue weighted by Gasteiger charge is 2.13. The highest BCUT2D eigenvalue weighted by atomic mass is 127. The Morgan fingerprint density at radius 3 is 2.86 bits per heavy atom. The van der Waals surface area contributed by atoms with Gasteiger partial charge in [0.25, 0.3) is 5.91 Å². The second-order valence-corrected chi connectivity index (χ2v) is 5.41. The molecule has 1 aromatic heterocycles. The number of nitrogen functional groups attached to an aromatic ring is 1. The Labute approximate surface area is 134 Å². The van der Waals surface area contributed by atoms with Gasteiger partial charge in [-0.05, 0) is 52.9 Å². The third-order valence-corrected chi connectivity index (χ3v) is 3.28. The number of rotatable bonds is 5. The topological polar surface area (TPSA) is 94.6 Å². The Bertz CT molecular complexity index is 640. The van der Waals surface area contributed by atoms with Gasteiger partial charge in [0.15, 0.2) is 6.61 Å². The average Bonchev–Trinajstić information content (AvgIpc) is 2.98. The number of halogens is 1. The molecule has 1 amide bonds. The molecule has 2 aromatic rings. The number of furan rings is 1. The number of nitrogens with one attached hydrogen (secondary N) is 1. The minimum absolute atomic E-state index is 0.245. The van der Waals surface area contributed by atoms with E-state index in [1.54, 1.807) is 30.3 Å². The molecule has 0 radical (unpaired) electrons. The summed E-state index contributed by atoms with van der Waals surface area (Å²) in [6.07, 6.45) is 1.52. The summed E-state index contributed by atoms with van der Waals surface area (Å²) in [5.74, 6) is -0.417. The Hall–Kier alpha value is -2.03. The number of carbonyl (C=O) groups excluding carboxylic acids is 2. The zero-order valence-corrected chi connectivity index (χ0v) is 13.1. The highest BCUT2D eigenvalue weighted by molar-refractivity contribution is 14.1. The fraction of sp³-hybridized carbons (Fsp3) is 0.143. The lowest BCUT2D eigenvalue weighted by atomic mass is 10.2. The van der Waals surface area contributed by atoms with E-state index >= 15 is 0 Å². The van der Waals surface area contributed by atoms with Gasteiger partial charge in [0.1, 0.15) is 5.76 Å². The van der Waals surface area contributed by atoms with E-state index in [0.29, 0.717) is 11.4 Å². The number of hydrogen-bond acceptors (Lipinski definition) is 5. The van der Waals surface area contributed by atoms with Crippen LogP contribution in [-0.2, 0) is 16.1 Å². The SMILES string of the molecule is Nc1ccc(I)cc1C(=O)OCC(=O)NCc1ccco1. The quantitative estimate of drug-likeness (QED) is 0.455. The molecule has 21 heavy (non-hydrogen) atoms. The van der Waals surface area contributed by atoms with Gasteiger partial charge in [0.2, 0.25) is 0 Å². The highest BCUT2D eigenvalue weighted by Crippen LogP contribution is 2.16. The predicted octanol–water partition coefficient (Wildman–Crippen LogP) is 1.94. The van der Waals surface area contributed by atoms with Crippen LogP contribution in [0.1, 0.15) is 16.1 Å². The van der Waals surface area contributed by atoms with Crippen molar-refractivity contribution in [1.82, 2.24) is 5.32 Å². The van der Waals surface area contributed by atoms with E-state index in [2.05, 4.69) is 27.9 Å². The molecular weight excluding hydrogens is 387 g/mol. The molecule has 1 aromatic carbocycles. The summed E-state index contributed by atoms with van der Waals surface area (Å²) in [6, 6.07) is 8.47. The van der Waals surface area contributed by atoms with Crippen LogP contribution in [0.4, 0.5) is 5.69 Å². The maximum Gasteiger partial charge on any atom is 0.340 e. The second-order valence-electron chi connectivity index (χ2n) is 4.16. The molecule has 0 saturated carbocycles. The van der Waals surface area contributed by atoms with Gasteiger partial charge in [-0.3, -0.25) is 4.79 Å². The van der Waals surface area contributed by atoms with Crippen molar-refractivity contribution in [2.45, 2.75) is 6.54 Å². The number of carbonyl (C=O) groups is 2. The molecule has 0 aliphatic carbocycles. The first-order chi connectivity index (χ1) is 10.1. The Morgan fingerprint density at radius 1 is 1.33 bits per heavy atom. The summed E-state index contributed by atoms with van der Waals surface area (Å²) < 4.78 is 10.9. The first kappa shape index (κ1) is 15.4. The summed E-state index contributed by atoms with van der Waals surface area (Å²) in [4.78, 5) is 23.4. The standard InChI is InChI=1S/C14H13IN2O4/c15-9-3-4-12(16)11(6-9)14(19)21-8-13(18)17-7-10-2-1-5-20-10/h1-6H,7-8,16H2,(H,17,18). The maximum absolute atomic E-state index is 11.9. The molecule has 0 saturated heterocycles. The van der Waals surface area contributed by atoms with Crippen molar-refractivity contribution in [1.29, 1.82) is 0 Å². The van der Waals surface area contributed by atoms with Crippen molar-refractivity contribution in [2.24, 2.45) is 0 Å². The van der Waals surface area contributed by atoms with Gasteiger partial charge in [0, 0.05) is 9.26 Å². The Balaban J connectivity index is 1.83. The van der Waals surface area contributed by atoms with Gasteiger partial charge in [-0.25, -0.2) is 4.79 Å². The molecule has 0 unspecified atom stereocenters. The zero-order chi connectivity index (χ0) is 15.2. The fourth-order valence-electron chi connectivity index (χ4n) is 1.56. The van der Waals surface area contributed by atoms with Crippen molar-refractivity contribution in [2.75, 3.05) is 12.3 Å². The molecular formula is C14H13IN2O4. The number of benzene rings is 1. The minimum atomic E-state index is -0.626. The third kappa shape index (κ3) is 4.48. The van der Waals surface area contributed by atoms with Crippen molar-refractivity contribution >= 4 is 40.2 Å². The summed E-state index contributed by atoms with van der Waals surface area (Å²) >= 11 is 2.06. The molecule has 0 fully saturated rings. The van der Waals surface area contributed by atoms with Crippen LogP contribution in [-0.4, -0.2) is 18.5 Å². The molecule has 7 heteroatoms. The summed E-state index contributed by atoms with van der Waals surface area (Å²) in [5.41, 5.74) is 6.27. The van der Waals surface area contributed by atoms with Crippen molar-refractivity contribution < 1.29 is 18.7 Å². The summed E-state index contributed by atoms with van der Waals surface area (Å²) in [5, 5.41) is 2.58. The first-order valence-electron chi connectivity index (χ1n) is 6.07. The lowest BCUT2D eigenvalue weighted by Crippen LogP contribution is -2.28. The van der Waals surface area contributed by atoms with Crippen molar-refractivity contribution in [3.8, 4) is 0 Å². The van der Waals surface area contributed by atoms with E-state index in [1.165, 1.54) is 6.26 Å².